The van der Waals surface area contributed by atoms with Crippen molar-refractivity contribution in [2.75, 3.05) is 14.2 Å². The molecule has 0 bridgehead atoms. The zero-order chi connectivity index (χ0) is 15.2. The van der Waals surface area contributed by atoms with Gasteiger partial charge in [0.2, 0.25) is 0 Å². The zero-order valence-electron chi connectivity index (χ0n) is 12.6. The third kappa shape index (κ3) is 3.50. The third-order valence-electron chi connectivity index (χ3n) is 3.62. The summed E-state index contributed by atoms with van der Waals surface area (Å²) in [5.74, 6) is 0.611. The fraction of sp³-hybridized carbons (Fsp3) is 0.278. The lowest BCUT2D eigenvalue weighted by Gasteiger charge is -2.22. The van der Waals surface area contributed by atoms with Crippen molar-refractivity contribution in [3.05, 3.63) is 65.7 Å². The number of ketones is 1. The van der Waals surface area contributed by atoms with E-state index in [-0.39, 0.29) is 17.8 Å². The molecule has 0 aliphatic rings. The van der Waals surface area contributed by atoms with E-state index in [4.69, 9.17) is 9.47 Å². The minimum absolute atomic E-state index is 0.0817. The topological polar surface area (TPSA) is 35.5 Å². The molecule has 0 aliphatic carbocycles. The molecule has 2 aromatic carbocycles. The number of methoxy groups -OCH3 is 2. The van der Waals surface area contributed by atoms with Crippen LogP contribution in [0.2, 0.25) is 0 Å². The van der Waals surface area contributed by atoms with E-state index in [2.05, 4.69) is 0 Å². The number of hydrogen-bond donors (Lipinski definition) is 0. The molecule has 2 aromatic rings. The molecule has 0 amide bonds. The molecular formula is C18H20O3. The average molecular weight is 284 g/mol. The van der Waals surface area contributed by atoms with Gasteiger partial charge >= 0.3 is 0 Å². The SMILES string of the molecule is COc1ccc(C(OC)C(C)C(=O)c2ccccc2)cc1. The van der Waals surface area contributed by atoms with Crippen molar-refractivity contribution in [3.63, 3.8) is 0 Å². The second-order valence-electron chi connectivity index (χ2n) is 4.95. The van der Waals surface area contributed by atoms with E-state index >= 15 is 0 Å². The third-order valence-corrected chi connectivity index (χ3v) is 3.62. The number of carbonyl (C=O) groups is 1. The highest BCUT2D eigenvalue weighted by Crippen LogP contribution is 2.29. The van der Waals surface area contributed by atoms with Crippen LogP contribution in [0.25, 0.3) is 0 Å². The van der Waals surface area contributed by atoms with Crippen molar-refractivity contribution in [2.24, 2.45) is 5.92 Å². The predicted molar refractivity (Wildman–Crippen MR) is 82.7 cm³/mol. The monoisotopic (exact) mass is 284 g/mol. The Labute approximate surface area is 125 Å². The number of benzene rings is 2. The molecule has 3 heteroatoms. The molecule has 0 fully saturated rings. The van der Waals surface area contributed by atoms with Crippen LogP contribution >= 0.6 is 0 Å². The van der Waals surface area contributed by atoms with Gasteiger partial charge in [-0.25, -0.2) is 0 Å². The maximum absolute atomic E-state index is 12.5. The van der Waals surface area contributed by atoms with E-state index in [1.54, 1.807) is 14.2 Å². The van der Waals surface area contributed by atoms with Crippen LogP contribution in [0.3, 0.4) is 0 Å². The van der Waals surface area contributed by atoms with Crippen LogP contribution in [-0.4, -0.2) is 20.0 Å². The van der Waals surface area contributed by atoms with Gasteiger partial charge in [0.05, 0.1) is 13.2 Å². The van der Waals surface area contributed by atoms with E-state index in [1.165, 1.54) is 0 Å². The summed E-state index contributed by atoms with van der Waals surface area (Å²) < 4.78 is 10.7. The Kier molecular flexibility index (Phi) is 5.12. The standard InChI is InChI=1S/C18H20O3/c1-13(17(19)14-7-5-4-6-8-14)18(21-3)15-9-11-16(20-2)12-10-15/h4-13,18H,1-3H3. The Hall–Kier alpha value is -2.13. The van der Waals surface area contributed by atoms with Crippen molar-refractivity contribution < 1.29 is 14.3 Å². The number of Topliss-reactive ketones (excluding diaryl/α,β-unsaturated/α-hetero) is 1. The van der Waals surface area contributed by atoms with Gasteiger partial charge in [-0.2, -0.15) is 0 Å². The van der Waals surface area contributed by atoms with Crippen LogP contribution in [-0.2, 0) is 4.74 Å². The summed E-state index contributed by atoms with van der Waals surface area (Å²) in [6.07, 6.45) is -0.274. The van der Waals surface area contributed by atoms with Crippen molar-refractivity contribution in [3.8, 4) is 5.75 Å². The summed E-state index contributed by atoms with van der Waals surface area (Å²) in [6, 6.07) is 16.9. The maximum Gasteiger partial charge on any atom is 0.168 e. The van der Waals surface area contributed by atoms with Crippen LogP contribution in [0.5, 0.6) is 5.75 Å². The summed E-state index contributed by atoms with van der Waals surface area (Å²) in [7, 11) is 3.26. The van der Waals surface area contributed by atoms with Crippen molar-refractivity contribution >= 4 is 5.78 Å². The first-order valence-electron chi connectivity index (χ1n) is 6.93. The van der Waals surface area contributed by atoms with Crippen LogP contribution in [0, 0.1) is 5.92 Å². The molecule has 110 valence electrons. The number of carbonyl (C=O) groups excluding carboxylic acids is 1. The van der Waals surface area contributed by atoms with Gasteiger partial charge in [0.25, 0.3) is 0 Å². The lowest BCUT2D eigenvalue weighted by molar-refractivity contribution is 0.0479. The Morgan fingerprint density at radius 2 is 1.57 bits per heavy atom. The maximum atomic E-state index is 12.5. The molecule has 3 nitrogen and oxygen atoms in total. The first-order chi connectivity index (χ1) is 10.2. The molecular weight excluding hydrogens is 264 g/mol. The van der Waals surface area contributed by atoms with Gasteiger partial charge in [0.15, 0.2) is 5.78 Å². The minimum atomic E-state index is -0.274. The first kappa shape index (κ1) is 15.3. The van der Waals surface area contributed by atoms with E-state index in [9.17, 15) is 4.79 Å². The molecule has 0 heterocycles. The summed E-state index contributed by atoms with van der Waals surface area (Å²) in [5, 5.41) is 0. The molecule has 2 atom stereocenters. The van der Waals surface area contributed by atoms with Crippen LogP contribution in [0.4, 0.5) is 0 Å². The smallest absolute Gasteiger partial charge is 0.168 e. The first-order valence-corrected chi connectivity index (χ1v) is 6.93. The van der Waals surface area contributed by atoms with Crippen molar-refractivity contribution in [1.82, 2.24) is 0 Å². The van der Waals surface area contributed by atoms with Crippen molar-refractivity contribution in [1.29, 1.82) is 0 Å². The van der Waals surface area contributed by atoms with Gasteiger partial charge in [-0.15, -0.1) is 0 Å². The second-order valence-corrected chi connectivity index (χ2v) is 4.95. The molecule has 21 heavy (non-hydrogen) atoms. The summed E-state index contributed by atoms with van der Waals surface area (Å²) in [4.78, 5) is 12.5. The highest BCUT2D eigenvalue weighted by molar-refractivity contribution is 5.98. The molecule has 0 N–H and O–H groups in total. The average Bonchev–Trinajstić information content (AvgIpc) is 2.56. The number of hydrogen-bond acceptors (Lipinski definition) is 3. The van der Waals surface area contributed by atoms with E-state index in [1.807, 2.05) is 61.5 Å². The summed E-state index contributed by atoms with van der Waals surface area (Å²) in [6.45, 7) is 1.90. The normalized spacial score (nSPS) is 13.5. The predicted octanol–water partition coefficient (Wildman–Crippen LogP) is 3.90. The highest BCUT2D eigenvalue weighted by atomic mass is 16.5. The fourth-order valence-electron chi connectivity index (χ4n) is 2.43. The van der Waals surface area contributed by atoms with Crippen LogP contribution in [0.15, 0.2) is 54.6 Å². The summed E-state index contributed by atoms with van der Waals surface area (Å²) in [5.41, 5.74) is 1.68. The number of ether oxygens (including phenoxy) is 2. The zero-order valence-corrected chi connectivity index (χ0v) is 12.6. The molecule has 2 rings (SSSR count). The summed E-state index contributed by atoms with van der Waals surface area (Å²) >= 11 is 0. The molecule has 0 saturated carbocycles. The molecule has 0 radical (unpaired) electrons. The molecule has 0 aromatic heterocycles. The lowest BCUT2D eigenvalue weighted by Crippen LogP contribution is -2.21. The minimum Gasteiger partial charge on any atom is -0.497 e. The van der Waals surface area contributed by atoms with Gasteiger partial charge in [-0.05, 0) is 17.7 Å². The van der Waals surface area contributed by atoms with Gasteiger partial charge in [-0.3, -0.25) is 4.79 Å². The second kappa shape index (κ2) is 7.04. The van der Waals surface area contributed by atoms with Gasteiger partial charge in [-0.1, -0.05) is 49.4 Å². The Morgan fingerprint density at radius 1 is 0.952 bits per heavy atom. The van der Waals surface area contributed by atoms with Crippen LogP contribution < -0.4 is 4.74 Å². The quantitative estimate of drug-likeness (QED) is 0.755. The van der Waals surface area contributed by atoms with Gasteiger partial charge < -0.3 is 9.47 Å². The fourth-order valence-corrected chi connectivity index (χ4v) is 2.43. The molecule has 2 unspecified atom stereocenters. The van der Waals surface area contributed by atoms with Gasteiger partial charge in [0, 0.05) is 18.6 Å². The molecule has 0 saturated heterocycles. The van der Waals surface area contributed by atoms with E-state index in [0.717, 1.165) is 11.3 Å². The number of rotatable bonds is 6. The van der Waals surface area contributed by atoms with E-state index in [0.29, 0.717) is 5.56 Å². The van der Waals surface area contributed by atoms with Crippen LogP contribution in [0.1, 0.15) is 28.9 Å². The molecule has 0 spiro atoms. The van der Waals surface area contributed by atoms with E-state index < -0.39 is 0 Å². The largest absolute Gasteiger partial charge is 0.497 e. The molecule has 0 aliphatic heterocycles. The Morgan fingerprint density at radius 3 is 2.10 bits per heavy atom. The lowest BCUT2D eigenvalue weighted by atomic mass is 9.90. The highest BCUT2D eigenvalue weighted by Gasteiger charge is 2.26. The Balaban J connectivity index is 2.21. The Bertz CT molecular complexity index is 575. The van der Waals surface area contributed by atoms with Crippen molar-refractivity contribution in [2.45, 2.75) is 13.0 Å². The van der Waals surface area contributed by atoms with Gasteiger partial charge in [0.1, 0.15) is 5.75 Å².